The molecule has 0 aliphatic rings. The molecule has 0 radical (unpaired) electrons. The number of halogens is 1. The van der Waals surface area contributed by atoms with E-state index in [0.29, 0.717) is 6.61 Å². The number of nitrogens with zero attached hydrogens (tertiary/aromatic N) is 1. The summed E-state index contributed by atoms with van der Waals surface area (Å²) in [7, 11) is 1.70. The fourth-order valence-electron chi connectivity index (χ4n) is 1.72. The Bertz CT molecular complexity index is 537. The van der Waals surface area contributed by atoms with Gasteiger partial charge in [-0.15, -0.1) is 0 Å². The number of aromatic nitrogens is 1. The Morgan fingerprint density at radius 2 is 2.15 bits per heavy atom. The van der Waals surface area contributed by atoms with Crippen molar-refractivity contribution in [3.05, 3.63) is 53.2 Å². The second kappa shape index (κ2) is 8.27. The normalized spacial score (nSPS) is 10.7. The van der Waals surface area contributed by atoms with Gasteiger partial charge in [-0.1, -0.05) is 41.6 Å². The standard InChI is InChI=1S/C15H17ClN2OS/c1-19-10-9-17-11-12-5-4-6-13(16)15(12)20-14-7-2-3-8-18-14/h2-8,17H,9-11H2,1H3. The van der Waals surface area contributed by atoms with Crippen LogP contribution in [0.4, 0.5) is 0 Å². The van der Waals surface area contributed by atoms with Gasteiger partial charge in [0.2, 0.25) is 0 Å². The number of rotatable bonds is 7. The van der Waals surface area contributed by atoms with Crippen LogP contribution >= 0.6 is 23.4 Å². The molecule has 0 saturated carbocycles. The summed E-state index contributed by atoms with van der Waals surface area (Å²) in [6, 6.07) is 11.8. The monoisotopic (exact) mass is 308 g/mol. The minimum absolute atomic E-state index is 0.698. The minimum Gasteiger partial charge on any atom is -0.383 e. The number of hydrogen-bond acceptors (Lipinski definition) is 4. The number of nitrogens with one attached hydrogen (secondary N) is 1. The molecule has 2 aromatic rings. The highest BCUT2D eigenvalue weighted by molar-refractivity contribution is 7.99. The van der Waals surface area contributed by atoms with Gasteiger partial charge in [0.15, 0.2) is 0 Å². The van der Waals surface area contributed by atoms with E-state index >= 15 is 0 Å². The van der Waals surface area contributed by atoms with Crippen LogP contribution in [0.5, 0.6) is 0 Å². The topological polar surface area (TPSA) is 34.1 Å². The highest BCUT2D eigenvalue weighted by Crippen LogP contribution is 2.34. The molecule has 1 aromatic heterocycles. The second-order valence-electron chi connectivity index (χ2n) is 4.17. The molecule has 1 aromatic carbocycles. The molecule has 106 valence electrons. The predicted octanol–water partition coefficient (Wildman–Crippen LogP) is 3.62. The number of benzene rings is 1. The zero-order chi connectivity index (χ0) is 14.2. The molecule has 0 saturated heterocycles. The van der Waals surface area contributed by atoms with Crippen LogP contribution in [0.15, 0.2) is 52.5 Å². The number of methoxy groups -OCH3 is 1. The van der Waals surface area contributed by atoms with Crippen LogP contribution in [0, 0.1) is 0 Å². The molecule has 0 aliphatic carbocycles. The van der Waals surface area contributed by atoms with E-state index < -0.39 is 0 Å². The maximum atomic E-state index is 6.32. The van der Waals surface area contributed by atoms with Gasteiger partial charge in [-0.05, 0) is 23.8 Å². The SMILES string of the molecule is COCCNCc1cccc(Cl)c1Sc1ccccn1. The highest BCUT2D eigenvalue weighted by atomic mass is 35.5. The molecule has 0 aliphatic heterocycles. The highest BCUT2D eigenvalue weighted by Gasteiger charge is 2.09. The van der Waals surface area contributed by atoms with Crippen molar-refractivity contribution in [2.45, 2.75) is 16.5 Å². The Labute approximate surface area is 128 Å². The molecule has 0 spiro atoms. The Morgan fingerprint density at radius 3 is 2.90 bits per heavy atom. The summed E-state index contributed by atoms with van der Waals surface area (Å²) < 4.78 is 5.03. The average molecular weight is 309 g/mol. The van der Waals surface area contributed by atoms with Crippen molar-refractivity contribution < 1.29 is 4.74 Å². The Kier molecular flexibility index (Phi) is 6.33. The first-order valence-electron chi connectivity index (χ1n) is 6.37. The summed E-state index contributed by atoms with van der Waals surface area (Å²) >= 11 is 7.91. The van der Waals surface area contributed by atoms with Crippen molar-refractivity contribution in [1.82, 2.24) is 10.3 Å². The number of ether oxygens (including phenoxy) is 1. The predicted molar refractivity (Wildman–Crippen MR) is 83.4 cm³/mol. The van der Waals surface area contributed by atoms with Gasteiger partial charge in [0, 0.05) is 31.3 Å². The lowest BCUT2D eigenvalue weighted by Gasteiger charge is -2.11. The smallest absolute Gasteiger partial charge is 0.101 e. The van der Waals surface area contributed by atoms with Gasteiger partial charge >= 0.3 is 0 Å². The van der Waals surface area contributed by atoms with E-state index in [0.717, 1.165) is 28.0 Å². The van der Waals surface area contributed by atoms with E-state index in [9.17, 15) is 0 Å². The lowest BCUT2D eigenvalue weighted by Crippen LogP contribution is -2.18. The fraction of sp³-hybridized carbons (Fsp3) is 0.267. The largest absolute Gasteiger partial charge is 0.383 e. The minimum atomic E-state index is 0.698. The van der Waals surface area contributed by atoms with Crippen molar-refractivity contribution in [2.75, 3.05) is 20.3 Å². The van der Waals surface area contributed by atoms with Crippen LogP contribution in [0.2, 0.25) is 5.02 Å². The molecule has 0 atom stereocenters. The maximum absolute atomic E-state index is 6.32. The molecule has 0 bridgehead atoms. The summed E-state index contributed by atoms with van der Waals surface area (Å²) in [4.78, 5) is 5.38. The summed E-state index contributed by atoms with van der Waals surface area (Å²) in [6.07, 6.45) is 1.79. The van der Waals surface area contributed by atoms with Crippen LogP contribution in [-0.4, -0.2) is 25.2 Å². The molecule has 0 amide bonds. The molecule has 2 rings (SSSR count). The van der Waals surface area contributed by atoms with Crippen LogP contribution in [0.1, 0.15) is 5.56 Å². The van der Waals surface area contributed by atoms with Crippen LogP contribution in [0.25, 0.3) is 0 Å². The summed E-state index contributed by atoms with van der Waals surface area (Å²) in [6.45, 7) is 2.28. The third-order valence-electron chi connectivity index (χ3n) is 2.69. The zero-order valence-corrected chi connectivity index (χ0v) is 12.9. The van der Waals surface area contributed by atoms with E-state index in [1.54, 1.807) is 25.1 Å². The molecule has 20 heavy (non-hydrogen) atoms. The van der Waals surface area contributed by atoms with Gasteiger partial charge in [0.1, 0.15) is 5.03 Å². The quantitative estimate of drug-likeness (QED) is 0.792. The van der Waals surface area contributed by atoms with Crippen molar-refractivity contribution >= 4 is 23.4 Å². The van der Waals surface area contributed by atoms with Gasteiger partial charge in [-0.3, -0.25) is 0 Å². The van der Waals surface area contributed by atoms with Crippen molar-refractivity contribution in [3.63, 3.8) is 0 Å². The summed E-state index contributed by atoms with van der Waals surface area (Å²) in [5.74, 6) is 0. The van der Waals surface area contributed by atoms with E-state index in [1.807, 2.05) is 30.3 Å². The third kappa shape index (κ3) is 4.49. The molecule has 0 unspecified atom stereocenters. The lowest BCUT2D eigenvalue weighted by molar-refractivity contribution is 0.199. The van der Waals surface area contributed by atoms with Crippen LogP contribution in [0.3, 0.4) is 0 Å². The Balaban J connectivity index is 2.10. The first-order chi connectivity index (χ1) is 9.81. The summed E-state index contributed by atoms with van der Waals surface area (Å²) in [5, 5.41) is 5.04. The van der Waals surface area contributed by atoms with Crippen molar-refractivity contribution in [2.24, 2.45) is 0 Å². The average Bonchev–Trinajstić information content (AvgIpc) is 2.48. The van der Waals surface area contributed by atoms with Gasteiger partial charge in [-0.25, -0.2) is 4.98 Å². The number of hydrogen-bond donors (Lipinski definition) is 1. The summed E-state index contributed by atoms with van der Waals surface area (Å²) in [5.41, 5.74) is 1.17. The van der Waals surface area contributed by atoms with Gasteiger partial charge in [0.05, 0.1) is 11.6 Å². The van der Waals surface area contributed by atoms with Crippen molar-refractivity contribution in [3.8, 4) is 0 Å². The van der Waals surface area contributed by atoms with Gasteiger partial charge in [-0.2, -0.15) is 0 Å². The Hall–Kier alpha value is -1.07. The van der Waals surface area contributed by atoms with Crippen LogP contribution in [-0.2, 0) is 11.3 Å². The third-order valence-corrected chi connectivity index (χ3v) is 4.26. The molecular weight excluding hydrogens is 292 g/mol. The van der Waals surface area contributed by atoms with E-state index in [4.69, 9.17) is 16.3 Å². The fourth-order valence-corrected chi connectivity index (χ4v) is 2.93. The van der Waals surface area contributed by atoms with E-state index in [-0.39, 0.29) is 0 Å². The number of pyridine rings is 1. The molecule has 5 heteroatoms. The zero-order valence-electron chi connectivity index (χ0n) is 11.3. The Morgan fingerprint density at radius 1 is 1.25 bits per heavy atom. The van der Waals surface area contributed by atoms with E-state index in [1.165, 1.54) is 5.56 Å². The molecular formula is C15H17ClN2OS. The first-order valence-corrected chi connectivity index (χ1v) is 7.56. The molecule has 1 N–H and O–H groups in total. The van der Waals surface area contributed by atoms with Crippen LogP contribution < -0.4 is 5.32 Å². The van der Waals surface area contributed by atoms with Gasteiger partial charge in [0.25, 0.3) is 0 Å². The van der Waals surface area contributed by atoms with Gasteiger partial charge < -0.3 is 10.1 Å². The lowest BCUT2D eigenvalue weighted by atomic mass is 10.2. The molecule has 3 nitrogen and oxygen atoms in total. The van der Waals surface area contributed by atoms with E-state index in [2.05, 4.69) is 16.4 Å². The van der Waals surface area contributed by atoms with Crippen molar-refractivity contribution in [1.29, 1.82) is 0 Å². The maximum Gasteiger partial charge on any atom is 0.101 e. The first kappa shape index (κ1) is 15.3. The second-order valence-corrected chi connectivity index (χ2v) is 5.61. The molecule has 1 heterocycles. The molecule has 0 fully saturated rings.